The van der Waals surface area contributed by atoms with Crippen LogP contribution in [0.4, 0.5) is 18.0 Å². The number of fused-ring (bicyclic) bond motifs is 1. The van der Waals surface area contributed by atoms with Crippen LogP contribution in [-0.2, 0) is 12.8 Å². The van der Waals surface area contributed by atoms with Gasteiger partial charge in [-0.25, -0.2) is 9.78 Å². The monoisotopic (exact) mass is 361 g/mol. The lowest BCUT2D eigenvalue weighted by atomic mass is 9.91. The number of nitrogens with zero attached hydrogens (tertiary/aromatic N) is 2. The highest BCUT2D eigenvalue weighted by Crippen LogP contribution is 2.36. The molecule has 0 bridgehead atoms. The third kappa shape index (κ3) is 3.53. The first-order valence-corrected chi connectivity index (χ1v) is 9.19. The van der Waals surface area contributed by atoms with Gasteiger partial charge in [0.25, 0.3) is 0 Å². The van der Waals surface area contributed by atoms with Gasteiger partial charge in [-0.3, -0.25) is 0 Å². The zero-order chi connectivity index (χ0) is 17.5. The van der Waals surface area contributed by atoms with Crippen molar-refractivity contribution >= 4 is 17.4 Å². The average molecular weight is 361 g/mol. The number of piperidine rings is 1. The molecule has 0 spiro atoms. The number of carbonyl (C=O) groups is 1. The first-order chi connectivity index (χ1) is 11.3. The zero-order valence-corrected chi connectivity index (χ0v) is 14.6. The van der Waals surface area contributed by atoms with Gasteiger partial charge >= 0.3 is 12.2 Å². The number of aryl methyl sites for hydroxylation is 2. The maximum Gasteiger partial charge on any atom is 0.391 e. The number of thiazole rings is 1. The topological polar surface area (TPSA) is 45.2 Å². The molecule has 0 saturated carbocycles. The molecule has 8 heteroatoms. The predicted molar refractivity (Wildman–Crippen MR) is 86.0 cm³/mol. The highest BCUT2D eigenvalue weighted by molar-refractivity contribution is 7.11. The largest absolute Gasteiger partial charge is 0.391 e. The van der Waals surface area contributed by atoms with Crippen LogP contribution in [0.15, 0.2) is 0 Å². The first kappa shape index (κ1) is 17.5. The fraction of sp³-hybridized carbons (Fsp3) is 0.750. The van der Waals surface area contributed by atoms with Crippen LogP contribution in [0, 0.1) is 5.92 Å². The van der Waals surface area contributed by atoms with E-state index in [-0.39, 0.29) is 31.5 Å². The van der Waals surface area contributed by atoms with Crippen LogP contribution < -0.4 is 5.32 Å². The Hall–Kier alpha value is -1.31. The third-order valence-corrected chi connectivity index (χ3v) is 6.26. The summed E-state index contributed by atoms with van der Waals surface area (Å²) in [6, 6.07) is -0.939. The predicted octanol–water partition coefficient (Wildman–Crippen LogP) is 4.07. The number of carbonyl (C=O) groups excluding carboxylic acids is 1. The Bertz CT molecular complexity index is 595. The third-order valence-electron chi connectivity index (χ3n) is 4.92. The number of nitrogens with one attached hydrogen (secondary N) is 1. The van der Waals surface area contributed by atoms with E-state index in [1.807, 2.05) is 6.92 Å². The Morgan fingerprint density at radius 1 is 1.42 bits per heavy atom. The molecule has 1 aromatic rings. The Morgan fingerprint density at radius 2 is 2.17 bits per heavy atom. The van der Waals surface area contributed by atoms with Gasteiger partial charge in [-0.15, -0.1) is 11.3 Å². The Labute approximate surface area is 143 Å². The van der Waals surface area contributed by atoms with Crippen molar-refractivity contribution in [2.45, 2.75) is 64.2 Å². The van der Waals surface area contributed by atoms with Gasteiger partial charge < -0.3 is 10.2 Å². The fourth-order valence-corrected chi connectivity index (χ4v) is 4.65. The van der Waals surface area contributed by atoms with Crippen molar-refractivity contribution in [1.82, 2.24) is 15.2 Å². The van der Waals surface area contributed by atoms with Crippen molar-refractivity contribution in [3.63, 3.8) is 0 Å². The summed E-state index contributed by atoms with van der Waals surface area (Å²) in [7, 11) is 0. The van der Waals surface area contributed by atoms with E-state index in [0.717, 1.165) is 30.0 Å². The summed E-state index contributed by atoms with van der Waals surface area (Å²) < 4.78 is 38.5. The van der Waals surface area contributed by atoms with E-state index < -0.39 is 18.1 Å². The lowest BCUT2D eigenvalue weighted by Crippen LogP contribution is -2.51. The van der Waals surface area contributed by atoms with E-state index in [0.29, 0.717) is 0 Å². The number of urea groups is 1. The molecule has 24 heavy (non-hydrogen) atoms. The number of hydrogen-bond donors (Lipinski definition) is 1. The van der Waals surface area contributed by atoms with Crippen molar-refractivity contribution in [2.24, 2.45) is 5.92 Å². The summed E-state index contributed by atoms with van der Waals surface area (Å²) in [5.74, 6) is -1.31. The van der Waals surface area contributed by atoms with E-state index in [1.54, 1.807) is 18.3 Å². The number of halogens is 3. The zero-order valence-electron chi connectivity index (χ0n) is 13.8. The van der Waals surface area contributed by atoms with Crippen molar-refractivity contribution in [3.8, 4) is 0 Å². The Kier molecular flexibility index (Phi) is 4.77. The standard InChI is InChI=1S/C16H22F3N3OS/c1-9-8-11(16(17,18)19)6-7-22(9)15(23)20-10(2)14-21-12-4-3-5-13(12)24-14/h9-11H,3-8H2,1-2H3,(H,20,23)/t9-,10?,11-/m0/s1. The van der Waals surface area contributed by atoms with Gasteiger partial charge in [0.15, 0.2) is 0 Å². The molecule has 0 radical (unpaired) electrons. The van der Waals surface area contributed by atoms with Gasteiger partial charge in [0.2, 0.25) is 0 Å². The number of hydrogen-bond acceptors (Lipinski definition) is 3. The first-order valence-electron chi connectivity index (χ1n) is 8.38. The summed E-state index contributed by atoms with van der Waals surface area (Å²) in [6.07, 6.45) is -1.05. The maximum atomic E-state index is 12.8. The van der Waals surface area contributed by atoms with Crippen LogP contribution in [0.25, 0.3) is 0 Å². The van der Waals surface area contributed by atoms with E-state index in [1.165, 1.54) is 9.78 Å². The quantitative estimate of drug-likeness (QED) is 0.863. The van der Waals surface area contributed by atoms with E-state index in [4.69, 9.17) is 0 Å². The van der Waals surface area contributed by atoms with Gasteiger partial charge in [0.05, 0.1) is 17.7 Å². The molecule has 2 aliphatic rings. The minimum atomic E-state index is -4.18. The molecule has 1 aromatic heterocycles. The second kappa shape index (κ2) is 6.54. The molecule has 1 saturated heterocycles. The van der Waals surface area contributed by atoms with Gasteiger partial charge in [0, 0.05) is 17.5 Å². The molecule has 134 valence electrons. The summed E-state index contributed by atoms with van der Waals surface area (Å²) in [5.41, 5.74) is 1.13. The SMILES string of the molecule is CC(NC(=O)N1CC[C@H](C(F)(F)F)C[C@@H]1C)c1nc2c(s1)CCC2. The van der Waals surface area contributed by atoms with Crippen molar-refractivity contribution in [3.05, 3.63) is 15.6 Å². The van der Waals surface area contributed by atoms with E-state index >= 15 is 0 Å². The summed E-state index contributed by atoms with van der Waals surface area (Å²) >= 11 is 1.63. The van der Waals surface area contributed by atoms with Crippen LogP contribution in [0.3, 0.4) is 0 Å². The molecular weight excluding hydrogens is 339 g/mol. The van der Waals surface area contributed by atoms with Gasteiger partial charge in [0.1, 0.15) is 5.01 Å². The molecule has 2 amide bonds. The molecular formula is C16H22F3N3OS. The summed E-state index contributed by atoms with van der Waals surface area (Å²) in [5, 5.41) is 3.77. The lowest BCUT2D eigenvalue weighted by molar-refractivity contribution is -0.187. The molecule has 1 N–H and O–H groups in total. The lowest BCUT2D eigenvalue weighted by Gasteiger charge is -2.38. The van der Waals surface area contributed by atoms with Crippen LogP contribution in [0.5, 0.6) is 0 Å². The molecule has 0 aromatic carbocycles. The van der Waals surface area contributed by atoms with Gasteiger partial charge in [-0.1, -0.05) is 0 Å². The van der Waals surface area contributed by atoms with Crippen LogP contribution in [-0.4, -0.2) is 34.7 Å². The second-order valence-electron chi connectivity index (χ2n) is 6.75. The Morgan fingerprint density at radius 3 is 2.79 bits per heavy atom. The number of aromatic nitrogens is 1. The molecule has 1 unspecified atom stereocenters. The van der Waals surface area contributed by atoms with E-state index in [9.17, 15) is 18.0 Å². The fourth-order valence-electron chi connectivity index (χ4n) is 3.50. The maximum absolute atomic E-state index is 12.8. The molecule has 3 atom stereocenters. The van der Waals surface area contributed by atoms with Crippen LogP contribution >= 0.6 is 11.3 Å². The van der Waals surface area contributed by atoms with Crippen molar-refractivity contribution < 1.29 is 18.0 Å². The highest BCUT2D eigenvalue weighted by Gasteiger charge is 2.44. The number of rotatable bonds is 2. The van der Waals surface area contributed by atoms with E-state index in [2.05, 4.69) is 10.3 Å². The summed E-state index contributed by atoms with van der Waals surface area (Å²) in [6.45, 7) is 3.69. The minimum Gasteiger partial charge on any atom is -0.329 e. The molecule has 1 aliphatic carbocycles. The highest BCUT2D eigenvalue weighted by atomic mass is 32.1. The normalized spacial score (nSPS) is 25.5. The molecule has 2 heterocycles. The summed E-state index contributed by atoms with van der Waals surface area (Å²) in [4.78, 5) is 19.8. The van der Waals surface area contributed by atoms with Crippen LogP contribution in [0.2, 0.25) is 0 Å². The van der Waals surface area contributed by atoms with Crippen LogP contribution in [0.1, 0.15) is 54.7 Å². The Balaban J connectivity index is 1.58. The molecule has 1 aliphatic heterocycles. The molecule has 4 nitrogen and oxygen atoms in total. The smallest absolute Gasteiger partial charge is 0.329 e. The number of alkyl halides is 3. The van der Waals surface area contributed by atoms with Gasteiger partial charge in [-0.05, 0) is 46.0 Å². The van der Waals surface area contributed by atoms with Crippen molar-refractivity contribution in [1.29, 1.82) is 0 Å². The number of likely N-dealkylation sites (tertiary alicyclic amines) is 1. The molecule has 3 rings (SSSR count). The second-order valence-corrected chi connectivity index (χ2v) is 7.87. The minimum absolute atomic E-state index is 0.0266. The average Bonchev–Trinajstić information content (AvgIpc) is 3.07. The van der Waals surface area contributed by atoms with Gasteiger partial charge in [-0.2, -0.15) is 13.2 Å². The molecule has 1 fully saturated rings. The number of amides is 2. The van der Waals surface area contributed by atoms with Crippen molar-refractivity contribution in [2.75, 3.05) is 6.54 Å².